The van der Waals surface area contributed by atoms with Crippen LogP contribution in [0.3, 0.4) is 0 Å². The van der Waals surface area contributed by atoms with Crippen LogP contribution in [0.2, 0.25) is 0 Å². The number of sulfonamides is 1. The van der Waals surface area contributed by atoms with Gasteiger partial charge in [-0.05, 0) is 61.0 Å². The minimum Gasteiger partial charge on any atom is -0.460 e. The van der Waals surface area contributed by atoms with Crippen molar-refractivity contribution < 1.29 is 27.5 Å². The molecule has 4 rings (SSSR count). The van der Waals surface area contributed by atoms with E-state index in [2.05, 4.69) is 10.0 Å². The number of carbonyl (C=O) groups excluding carboxylic acids is 2. The molecule has 0 saturated heterocycles. The van der Waals surface area contributed by atoms with Crippen molar-refractivity contribution in [1.82, 2.24) is 10.2 Å². The van der Waals surface area contributed by atoms with E-state index in [-0.39, 0.29) is 36.1 Å². The number of rotatable bonds is 9. The summed E-state index contributed by atoms with van der Waals surface area (Å²) in [7, 11) is -0.477. The van der Waals surface area contributed by atoms with Crippen molar-refractivity contribution in [3.05, 3.63) is 41.1 Å². The van der Waals surface area contributed by atoms with Crippen LogP contribution in [-0.4, -0.2) is 63.3 Å². The Kier molecular flexibility index (Phi) is 7.44. The first-order valence-corrected chi connectivity index (χ1v) is 14.4. The van der Waals surface area contributed by atoms with Gasteiger partial charge in [0, 0.05) is 32.0 Å². The molecular formula is C26H35N3O6S2. The van der Waals surface area contributed by atoms with Crippen LogP contribution in [-0.2, 0) is 29.1 Å². The summed E-state index contributed by atoms with van der Waals surface area (Å²) in [5, 5.41) is 3.63. The largest absolute Gasteiger partial charge is 0.460 e. The maximum absolute atomic E-state index is 13.2. The Morgan fingerprint density at radius 1 is 1.24 bits per heavy atom. The fourth-order valence-electron chi connectivity index (χ4n) is 6.04. The molecule has 0 radical (unpaired) electrons. The van der Waals surface area contributed by atoms with Crippen LogP contribution < -0.4 is 10.0 Å². The van der Waals surface area contributed by atoms with Crippen molar-refractivity contribution in [3.8, 4) is 0 Å². The third-order valence-electron chi connectivity index (χ3n) is 8.59. The second-order valence-electron chi connectivity index (χ2n) is 10.7. The summed E-state index contributed by atoms with van der Waals surface area (Å²) in [6.07, 6.45) is 1.96. The lowest BCUT2D eigenvalue weighted by molar-refractivity contribution is -0.140. The molecule has 202 valence electrons. The quantitative estimate of drug-likeness (QED) is 0.272. The normalized spacial score (nSPS) is 26.9. The summed E-state index contributed by atoms with van der Waals surface area (Å²) in [5.74, 6) is -0.390. The number of Topliss-reactive ketones (excluding diaryl/α,β-unsaturated/α-hetero) is 1. The number of benzene rings is 1. The first-order valence-electron chi connectivity index (χ1n) is 12.4. The van der Waals surface area contributed by atoms with Gasteiger partial charge >= 0.3 is 5.97 Å². The second kappa shape index (κ2) is 9.99. The summed E-state index contributed by atoms with van der Waals surface area (Å²) in [6.45, 7) is 6.24. The van der Waals surface area contributed by atoms with Crippen molar-refractivity contribution in [2.75, 3.05) is 37.8 Å². The zero-order valence-electron chi connectivity index (χ0n) is 21.9. The number of ether oxygens (including phenoxy) is 2. The maximum Gasteiger partial charge on any atom is 0.338 e. The van der Waals surface area contributed by atoms with Crippen LogP contribution in [0, 0.1) is 16.7 Å². The molecule has 2 N–H and O–H groups in total. The van der Waals surface area contributed by atoms with Gasteiger partial charge in [0.05, 0.1) is 29.4 Å². The average molecular weight is 550 g/mol. The molecule has 9 nitrogen and oxygen atoms in total. The van der Waals surface area contributed by atoms with Crippen LogP contribution in [0.4, 0.5) is 5.69 Å². The molecule has 1 heterocycles. The molecule has 1 aromatic rings. The molecule has 11 heteroatoms. The predicted molar refractivity (Wildman–Crippen MR) is 144 cm³/mol. The second-order valence-corrected chi connectivity index (χ2v) is 12.8. The summed E-state index contributed by atoms with van der Waals surface area (Å²) in [6, 6.07) is 6.23. The van der Waals surface area contributed by atoms with Gasteiger partial charge in [-0.2, -0.15) is 0 Å². The minimum atomic E-state index is -3.77. The number of allylic oxidation sites excluding steroid dienone is 1. The van der Waals surface area contributed by atoms with Crippen molar-refractivity contribution in [1.29, 1.82) is 0 Å². The maximum atomic E-state index is 13.2. The smallest absolute Gasteiger partial charge is 0.338 e. The molecule has 2 saturated carbocycles. The summed E-state index contributed by atoms with van der Waals surface area (Å²) < 4.78 is 39.3. The monoisotopic (exact) mass is 549 g/mol. The van der Waals surface area contributed by atoms with Crippen LogP contribution in [0.1, 0.15) is 51.6 Å². The van der Waals surface area contributed by atoms with E-state index in [0.717, 1.165) is 12.0 Å². The van der Waals surface area contributed by atoms with Crippen LogP contribution in [0.15, 0.2) is 35.5 Å². The number of carbonyl (C=O) groups is 2. The van der Waals surface area contributed by atoms with Crippen molar-refractivity contribution in [2.24, 2.45) is 16.7 Å². The van der Waals surface area contributed by atoms with Crippen LogP contribution >= 0.6 is 12.2 Å². The number of nitrogens with zero attached hydrogens (tertiary/aromatic N) is 1. The van der Waals surface area contributed by atoms with E-state index in [1.54, 1.807) is 43.1 Å². The van der Waals surface area contributed by atoms with Crippen molar-refractivity contribution >= 4 is 44.8 Å². The van der Waals surface area contributed by atoms with Crippen LogP contribution in [0.25, 0.3) is 0 Å². The Balaban J connectivity index is 1.53. The van der Waals surface area contributed by atoms with Gasteiger partial charge in [0.1, 0.15) is 12.4 Å². The van der Waals surface area contributed by atoms with E-state index in [1.165, 1.54) is 7.11 Å². The van der Waals surface area contributed by atoms with Crippen LogP contribution in [0.5, 0.6) is 0 Å². The number of hydrogen-bond acceptors (Lipinski definition) is 7. The Bertz CT molecular complexity index is 1240. The van der Waals surface area contributed by atoms with Gasteiger partial charge in [-0.15, -0.1) is 0 Å². The topological polar surface area (TPSA) is 114 Å². The molecule has 3 atom stereocenters. The standard InChI is InChI=1S/C26H35N3O6S2/c1-16-21(23(31)35-13-12-34-5)22(27-24(36)29(16)4)17-6-8-19(9-7-17)28-37(32,33)15-26-11-10-18(14-20(26)30)25(26,2)3/h6-9,18,22,28H,10-15H2,1-5H3,(H,27,36). The van der Waals surface area contributed by atoms with Crippen molar-refractivity contribution in [3.63, 3.8) is 0 Å². The lowest BCUT2D eigenvalue weighted by Crippen LogP contribution is -2.46. The average Bonchev–Trinajstić information content (AvgIpc) is 3.16. The summed E-state index contributed by atoms with van der Waals surface area (Å²) in [5.41, 5.74) is 1.02. The number of esters is 1. The number of nitrogens with one attached hydrogen (secondary N) is 2. The highest BCUT2D eigenvalue weighted by atomic mass is 32.2. The molecule has 1 aromatic carbocycles. The molecule has 2 bridgehead atoms. The number of anilines is 1. The fourth-order valence-corrected chi connectivity index (χ4v) is 8.19. The van der Waals surface area contributed by atoms with Gasteiger partial charge < -0.3 is 19.7 Å². The van der Waals surface area contributed by atoms with Gasteiger partial charge in [0.25, 0.3) is 0 Å². The highest BCUT2D eigenvalue weighted by Crippen LogP contribution is 2.64. The third kappa shape index (κ3) is 4.88. The molecule has 2 aliphatic carbocycles. The minimum absolute atomic E-state index is 0.0610. The lowest BCUT2D eigenvalue weighted by Gasteiger charge is -2.36. The number of ketones is 1. The van der Waals surface area contributed by atoms with Gasteiger partial charge in [-0.25, -0.2) is 13.2 Å². The molecule has 37 heavy (non-hydrogen) atoms. The van der Waals surface area contributed by atoms with E-state index in [1.807, 2.05) is 13.8 Å². The van der Waals surface area contributed by atoms with Gasteiger partial charge in [0.2, 0.25) is 10.0 Å². The molecule has 1 aliphatic heterocycles. The summed E-state index contributed by atoms with van der Waals surface area (Å²) >= 11 is 5.44. The lowest BCUT2D eigenvalue weighted by atomic mass is 9.70. The van der Waals surface area contributed by atoms with E-state index in [0.29, 0.717) is 34.9 Å². The highest BCUT2D eigenvalue weighted by Gasteiger charge is 2.65. The molecule has 0 spiro atoms. The Labute approximate surface area is 224 Å². The predicted octanol–water partition coefficient (Wildman–Crippen LogP) is 3.15. The number of methoxy groups -OCH3 is 1. The number of thiocarbonyl (C=S) groups is 1. The molecular weight excluding hydrogens is 514 g/mol. The molecule has 0 amide bonds. The van der Waals surface area contributed by atoms with E-state index >= 15 is 0 Å². The highest BCUT2D eigenvalue weighted by molar-refractivity contribution is 7.92. The molecule has 0 aromatic heterocycles. The molecule has 3 aliphatic rings. The Morgan fingerprint density at radius 2 is 1.92 bits per heavy atom. The first kappa shape index (κ1) is 27.5. The first-order chi connectivity index (χ1) is 17.3. The van der Waals surface area contributed by atoms with Gasteiger partial charge in [-0.3, -0.25) is 9.52 Å². The zero-order chi connectivity index (χ0) is 27.2. The third-order valence-corrected chi connectivity index (χ3v) is 10.4. The van der Waals surface area contributed by atoms with E-state index in [4.69, 9.17) is 21.7 Å². The molecule has 2 fully saturated rings. The molecule has 3 unspecified atom stereocenters. The Hall–Kier alpha value is -2.50. The summed E-state index contributed by atoms with van der Waals surface area (Å²) in [4.78, 5) is 27.4. The number of hydrogen-bond donors (Lipinski definition) is 2. The van der Waals surface area contributed by atoms with E-state index in [9.17, 15) is 18.0 Å². The van der Waals surface area contributed by atoms with Crippen molar-refractivity contribution in [2.45, 2.75) is 46.1 Å². The Morgan fingerprint density at radius 3 is 2.49 bits per heavy atom. The van der Waals surface area contributed by atoms with Gasteiger partial charge in [0.15, 0.2) is 5.11 Å². The van der Waals surface area contributed by atoms with Gasteiger partial charge in [-0.1, -0.05) is 26.0 Å². The zero-order valence-corrected chi connectivity index (χ0v) is 23.6. The van der Waals surface area contributed by atoms with E-state index < -0.39 is 27.4 Å². The number of fused-ring (bicyclic) bond motifs is 2. The SMILES string of the molecule is COCCOC(=O)C1=C(C)N(C)C(=S)NC1c1ccc(NS(=O)(=O)CC23CCC(CC2=O)C3(C)C)cc1. The fraction of sp³-hybridized carbons (Fsp3) is 0.577.